The molecule has 0 amide bonds. The average Bonchev–Trinajstić information content (AvgIpc) is 2.32. The number of benzene rings is 1. The van der Waals surface area contributed by atoms with Crippen LogP contribution in [0, 0.1) is 5.82 Å². The zero-order valence-electron chi connectivity index (χ0n) is 11.2. The Bertz CT molecular complexity index is 428. The number of hydrogen-bond acceptors (Lipinski definition) is 5. The van der Waals surface area contributed by atoms with Crippen LogP contribution in [0.2, 0.25) is 0 Å². The van der Waals surface area contributed by atoms with Gasteiger partial charge in [0.1, 0.15) is 5.82 Å². The van der Waals surface area contributed by atoms with Gasteiger partial charge in [-0.3, -0.25) is 0 Å². The molecule has 0 aliphatic carbocycles. The molecule has 0 heterocycles. The zero-order chi connectivity index (χ0) is 14.6. The number of halogens is 1. The predicted molar refractivity (Wildman–Crippen MR) is 77.0 cm³/mol. The topological polar surface area (TPSA) is 113 Å². The van der Waals surface area contributed by atoms with E-state index >= 15 is 0 Å². The third-order valence-electron chi connectivity index (χ3n) is 3.10. The van der Waals surface area contributed by atoms with Crippen LogP contribution >= 0.6 is 0 Å². The molecule has 0 spiro atoms. The quantitative estimate of drug-likeness (QED) is 0.440. The van der Waals surface area contributed by atoms with Crippen molar-refractivity contribution in [2.75, 3.05) is 18.8 Å². The number of hydrogen-bond donors (Lipinski definition) is 4. The van der Waals surface area contributed by atoms with Crippen LogP contribution in [0.5, 0.6) is 0 Å². The molecule has 7 heteroatoms. The van der Waals surface area contributed by atoms with Crippen LogP contribution in [-0.4, -0.2) is 22.9 Å². The molecule has 0 aliphatic heterocycles. The van der Waals surface area contributed by atoms with Crippen LogP contribution in [0.15, 0.2) is 18.2 Å². The van der Waals surface area contributed by atoms with E-state index in [2.05, 4.69) is 5.32 Å². The molecule has 19 heavy (non-hydrogen) atoms. The molecule has 3 atom stereocenters. The van der Waals surface area contributed by atoms with Crippen molar-refractivity contribution in [2.24, 2.45) is 10.9 Å². The lowest BCUT2D eigenvalue weighted by Crippen LogP contribution is -2.56. The van der Waals surface area contributed by atoms with Crippen molar-refractivity contribution in [3.05, 3.63) is 29.6 Å². The van der Waals surface area contributed by atoms with Gasteiger partial charge in [-0.05, 0) is 31.7 Å². The first-order chi connectivity index (χ1) is 8.80. The molecule has 1 aromatic carbocycles. The summed E-state index contributed by atoms with van der Waals surface area (Å²) in [5.41, 5.74) is 11.3. The van der Waals surface area contributed by atoms with Crippen molar-refractivity contribution in [2.45, 2.75) is 24.6 Å². The molecule has 0 saturated carbocycles. The van der Waals surface area contributed by atoms with E-state index in [-0.39, 0.29) is 5.56 Å². The van der Waals surface area contributed by atoms with Crippen LogP contribution in [0.4, 0.5) is 10.1 Å². The maximum absolute atomic E-state index is 13.9. The second-order valence-electron chi connectivity index (χ2n) is 4.65. The van der Waals surface area contributed by atoms with E-state index in [1.165, 1.54) is 18.2 Å². The van der Waals surface area contributed by atoms with Crippen molar-refractivity contribution < 1.29 is 8.94 Å². The normalized spacial score (nSPS) is 17.8. The van der Waals surface area contributed by atoms with Crippen LogP contribution in [0.1, 0.15) is 19.4 Å². The molecule has 7 N–H and O–H groups in total. The zero-order valence-corrected chi connectivity index (χ0v) is 12.0. The van der Waals surface area contributed by atoms with Gasteiger partial charge in [0.05, 0.1) is 5.54 Å². The number of nitrogens with two attached hydrogens (primary N) is 3. The Balaban J connectivity index is 3.14. The summed E-state index contributed by atoms with van der Waals surface area (Å²) in [4.78, 5) is 0. The van der Waals surface area contributed by atoms with Gasteiger partial charge >= 0.3 is 0 Å². The highest BCUT2D eigenvalue weighted by atomic mass is 32.2. The second-order valence-corrected chi connectivity index (χ2v) is 5.87. The Morgan fingerprint density at radius 3 is 2.68 bits per heavy atom. The minimum Gasteiger partial charge on any atom is -0.598 e. The first-order valence-corrected chi connectivity index (χ1v) is 7.28. The molecule has 5 nitrogen and oxygen atoms in total. The Morgan fingerprint density at radius 2 is 2.16 bits per heavy atom. The largest absolute Gasteiger partial charge is 0.598 e. The Labute approximate surface area is 116 Å². The standard InChI is InChI=1S/C12H21FN4OS/c1-3-17-7-11(19(16)18)12(2,15)9-6-8(14)4-5-10(9)13/h4-6,11,17H,3,7,14-16H2,1-2H3/t11-,12+,19?/m0/s1. The molecule has 0 saturated heterocycles. The van der Waals surface area contributed by atoms with Crippen molar-refractivity contribution in [1.29, 1.82) is 0 Å². The second kappa shape index (κ2) is 6.53. The number of nitrogens with one attached hydrogen (secondary N) is 1. The Hall–Kier alpha value is -0.860. The smallest absolute Gasteiger partial charge is 0.169 e. The van der Waals surface area contributed by atoms with Gasteiger partial charge in [0.2, 0.25) is 0 Å². The molecule has 0 aliphatic rings. The van der Waals surface area contributed by atoms with Gasteiger partial charge in [0.15, 0.2) is 5.25 Å². The van der Waals surface area contributed by atoms with E-state index in [1.807, 2.05) is 6.92 Å². The molecule has 1 rings (SSSR count). The lowest BCUT2D eigenvalue weighted by Gasteiger charge is -2.33. The van der Waals surface area contributed by atoms with Crippen LogP contribution in [0.3, 0.4) is 0 Å². The summed E-state index contributed by atoms with van der Waals surface area (Å²) < 4.78 is 25.6. The van der Waals surface area contributed by atoms with Crippen LogP contribution in [-0.2, 0) is 16.9 Å². The summed E-state index contributed by atoms with van der Waals surface area (Å²) in [7, 11) is 0. The Kier molecular flexibility index (Phi) is 5.57. The van der Waals surface area contributed by atoms with E-state index < -0.39 is 28.0 Å². The van der Waals surface area contributed by atoms with Gasteiger partial charge in [0.25, 0.3) is 0 Å². The lowest BCUT2D eigenvalue weighted by atomic mass is 9.88. The summed E-state index contributed by atoms with van der Waals surface area (Å²) in [5, 5.41) is 7.90. The van der Waals surface area contributed by atoms with Gasteiger partial charge in [-0.1, -0.05) is 6.92 Å². The van der Waals surface area contributed by atoms with Crippen molar-refractivity contribution in [3.63, 3.8) is 0 Å². The molecule has 108 valence electrons. The van der Waals surface area contributed by atoms with Crippen LogP contribution in [0.25, 0.3) is 0 Å². The SMILES string of the molecule is CCNC[C@H]([S+](N)[O-])[C@](C)(N)c1cc(N)ccc1F. The summed E-state index contributed by atoms with van der Waals surface area (Å²) in [5.74, 6) is -0.480. The lowest BCUT2D eigenvalue weighted by molar-refractivity contribution is 0.409. The van der Waals surface area contributed by atoms with Gasteiger partial charge in [-0.25, -0.2) is 4.39 Å². The summed E-state index contributed by atoms with van der Waals surface area (Å²) >= 11 is -1.68. The molecule has 0 radical (unpaired) electrons. The molecule has 0 fully saturated rings. The monoisotopic (exact) mass is 288 g/mol. The van der Waals surface area contributed by atoms with E-state index in [4.69, 9.17) is 16.6 Å². The van der Waals surface area contributed by atoms with Gasteiger partial charge in [-0.2, -0.15) is 5.14 Å². The van der Waals surface area contributed by atoms with Crippen molar-refractivity contribution in [1.82, 2.24) is 5.32 Å². The van der Waals surface area contributed by atoms with E-state index in [9.17, 15) is 8.94 Å². The number of rotatable bonds is 6. The molecule has 1 unspecified atom stereocenters. The summed E-state index contributed by atoms with van der Waals surface area (Å²) in [6.07, 6.45) is 0. The fraction of sp³-hybridized carbons (Fsp3) is 0.500. The molecule has 1 aromatic rings. The van der Waals surface area contributed by atoms with Crippen molar-refractivity contribution in [3.8, 4) is 0 Å². The highest BCUT2D eigenvalue weighted by Crippen LogP contribution is 2.29. The minimum atomic E-state index is -1.68. The highest BCUT2D eigenvalue weighted by molar-refractivity contribution is 7.89. The van der Waals surface area contributed by atoms with E-state index in [0.717, 1.165) is 0 Å². The van der Waals surface area contributed by atoms with Crippen molar-refractivity contribution >= 4 is 17.0 Å². The maximum atomic E-state index is 13.9. The third kappa shape index (κ3) is 3.80. The third-order valence-corrected chi connectivity index (χ3v) is 4.32. The molecule has 0 aromatic heterocycles. The first-order valence-electron chi connectivity index (χ1n) is 6.00. The number of nitrogen functional groups attached to an aromatic ring is 1. The van der Waals surface area contributed by atoms with Gasteiger partial charge in [-0.15, -0.1) is 0 Å². The molecule has 0 bridgehead atoms. The van der Waals surface area contributed by atoms with Crippen LogP contribution < -0.4 is 21.9 Å². The summed E-state index contributed by atoms with van der Waals surface area (Å²) in [6.45, 7) is 4.53. The maximum Gasteiger partial charge on any atom is 0.169 e. The summed E-state index contributed by atoms with van der Waals surface area (Å²) in [6, 6.07) is 4.16. The van der Waals surface area contributed by atoms with E-state index in [1.54, 1.807) is 6.92 Å². The fourth-order valence-corrected chi connectivity index (χ4v) is 2.83. The number of anilines is 1. The Morgan fingerprint density at radius 1 is 1.53 bits per heavy atom. The average molecular weight is 288 g/mol. The predicted octanol–water partition coefficient (Wildman–Crippen LogP) is 0.182. The van der Waals surface area contributed by atoms with Gasteiger partial charge in [0, 0.05) is 29.2 Å². The molecular formula is C12H21FN4OS. The first kappa shape index (κ1) is 16.2. The molecular weight excluding hydrogens is 267 g/mol. The highest BCUT2D eigenvalue weighted by Gasteiger charge is 2.41. The fourth-order valence-electron chi connectivity index (χ4n) is 1.94. The minimum absolute atomic E-state index is 0.217. The van der Waals surface area contributed by atoms with Gasteiger partial charge < -0.3 is 21.3 Å². The van der Waals surface area contributed by atoms with E-state index in [0.29, 0.717) is 18.8 Å².